The van der Waals surface area contributed by atoms with Gasteiger partial charge in [0.25, 0.3) is 5.91 Å². The van der Waals surface area contributed by atoms with Crippen molar-refractivity contribution in [2.24, 2.45) is 0 Å². The molecule has 3 aliphatic rings. The van der Waals surface area contributed by atoms with Gasteiger partial charge in [0.2, 0.25) is 5.91 Å². The minimum atomic E-state index is -0.890. The first-order valence-electron chi connectivity index (χ1n) is 19.0. The van der Waals surface area contributed by atoms with Gasteiger partial charge in [0.05, 0.1) is 24.7 Å². The number of nitrogens with one attached hydrogen (secondary N) is 3. The van der Waals surface area contributed by atoms with Crippen LogP contribution in [0.5, 0.6) is 11.5 Å². The van der Waals surface area contributed by atoms with Gasteiger partial charge >= 0.3 is 23.8 Å². The van der Waals surface area contributed by atoms with E-state index in [1.54, 1.807) is 24.3 Å². The summed E-state index contributed by atoms with van der Waals surface area (Å²) in [5.41, 5.74) is 0. The van der Waals surface area contributed by atoms with Gasteiger partial charge in [-0.2, -0.15) is 0 Å². The predicted octanol–water partition coefficient (Wildman–Crippen LogP) is 0.251. The van der Waals surface area contributed by atoms with Crippen molar-refractivity contribution < 1.29 is 66.7 Å². The topological polar surface area (TPSA) is 212 Å². The lowest BCUT2D eigenvalue weighted by Crippen LogP contribution is -2.35. The van der Waals surface area contributed by atoms with Crippen LogP contribution >= 0.6 is 0 Å². The third kappa shape index (κ3) is 17.8. The smallest absolute Gasteiger partial charge is 0.397 e. The van der Waals surface area contributed by atoms with Gasteiger partial charge < -0.3 is 53.8 Å². The zero-order valence-corrected chi connectivity index (χ0v) is 33.5. The minimum Gasteiger partial charge on any atom is -0.484 e. The number of carbonyl (C=O) groups excluding carboxylic acids is 6. The van der Waals surface area contributed by atoms with Gasteiger partial charge in [-0.05, 0) is 43.5 Å². The standard InChI is InChI=1S/C17H22BNO6.C11H18BNO4.C9H14BNO4/c1-3-13-14(8-15(18)24-13)25-17(21)10-23-12-6-4-11(5-7-12)22-9-16(20)19-2;1-3-7-8(6-9(12)16-7)17-11(15)5-4-10(14)13-2;1-3-5-6(4-7(10)14-5)15-9(13)8(12)11-2/h4-7,13-15H,3,8-10H2,1-2H3,(H,19,20);7-9H,3-6H2,1-2H3,(H,13,14);5-7H,3-4H2,1-2H3,(H,11,12)/t13-,14-,15-;7-,8-,9-;5-,6-,7-/m111/s1. The van der Waals surface area contributed by atoms with Crippen LogP contribution in [0.1, 0.15) is 72.1 Å². The Balaban J connectivity index is 0.000000308. The van der Waals surface area contributed by atoms with Gasteiger partial charge in [0.15, 0.2) is 13.2 Å². The number of hydrogen-bond donors (Lipinski definition) is 3. The lowest BCUT2D eigenvalue weighted by molar-refractivity contribution is -0.160. The van der Waals surface area contributed by atoms with Crippen LogP contribution in [0.15, 0.2) is 24.3 Å². The fraction of sp³-hybridized carbons (Fsp3) is 0.676. The van der Waals surface area contributed by atoms with E-state index in [1.807, 2.05) is 20.8 Å². The van der Waals surface area contributed by atoms with Crippen molar-refractivity contribution >= 4 is 59.2 Å². The summed E-state index contributed by atoms with van der Waals surface area (Å²) in [4.78, 5) is 67.6. The first-order valence-corrected chi connectivity index (χ1v) is 19.0. The Bertz CT molecular complexity index is 1440. The molecule has 0 unspecified atom stereocenters. The molecule has 0 bridgehead atoms. The highest BCUT2D eigenvalue weighted by molar-refractivity contribution is 6.32. The zero-order chi connectivity index (χ0) is 42.5. The Morgan fingerprint density at radius 2 is 0.982 bits per heavy atom. The SMILES string of the molecule is [B][C@H]1C[C@@H](OC(=O)C(=O)NC)[C@@H](CC)O1.[B][C@H]1C[C@@H](OC(=O)CCC(=O)NC)[C@@H](CC)O1.[B][C@H]1C[C@@H](OC(=O)COc2ccc(OCC(=O)NC)cc2)[C@@H](CC)O1. The average molecular weight is 797 g/mol. The third-order valence-corrected chi connectivity index (χ3v) is 8.79. The molecule has 3 heterocycles. The number of esters is 3. The number of rotatable bonds is 15. The summed E-state index contributed by atoms with van der Waals surface area (Å²) < 4.78 is 42.4. The summed E-state index contributed by atoms with van der Waals surface area (Å²) >= 11 is 0. The van der Waals surface area contributed by atoms with Gasteiger partial charge in [0.1, 0.15) is 53.3 Å². The van der Waals surface area contributed by atoms with E-state index >= 15 is 0 Å². The number of carbonyl (C=O) groups is 6. The Hall–Kier alpha value is -4.29. The van der Waals surface area contributed by atoms with Gasteiger partial charge in [0, 0.05) is 64.8 Å². The molecule has 0 saturated carbocycles. The van der Waals surface area contributed by atoms with E-state index in [1.165, 1.54) is 21.1 Å². The Morgan fingerprint density at radius 1 is 0.579 bits per heavy atom. The van der Waals surface area contributed by atoms with Crippen LogP contribution in [0.3, 0.4) is 0 Å². The van der Waals surface area contributed by atoms with Gasteiger partial charge in [-0.1, -0.05) is 20.8 Å². The fourth-order valence-corrected chi connectivity index (χ4v) is 5.75. The maximum Gasteiger partial charge on any atom is 0.397 e. The van der Waals surface area contributed by atoms with Crippen molar-refractivity contribution in [2.45, 2.75) is 127 Å². The molecule has 3 saturated heterocycles. The van der Waals surface area contributed by atoms with E-state index in [-0.39, 0.29) is 80.4 Å². The molecule has 1 aromatic carbocycles. The molecule has 57 heavy (non-hydrogen) atoms. The molecule has 0 aromatic heterocycles. The molecule has 3 aliphatic heterocycles. The lowest BCUT2D eigenvalue weighted by atomic mass is 9.96. The summed E-state index contributed by atoms with van der Waals surface area (Å²) in [6.45, 7) is 5.54. The summed E-state index contributed by atoms with van der Waals surface area (Å²) in [6.07, 6.45) is 2.28. The quantitative estimate of drug-likeness (QED) is 0.0941. The number of hydrogen-bond acceptors (Lipinski definition) is 14. The molecular formula is C37H54B3N3O14. The highest BCUT2D eigenvalue weighted by Crippen LogP contribution is 2.26. The second-order valence-corrected chi connectivity index (χ2v) is 13.0. The van der Waals surface area contributed by atoms with E-state index in [0.29, 0.717) is 37.2 Å². The molecule has 6 radical (unpaired) electrons. The van der Waals surface area contributed by atoms with E-state index in [2.05, 4.69) is 16.0 Å². The van der Waals surface area contributed by atoms with E-state index in [9.17, 15) is 28.8 Å². The van der Waals surface area contributed by atoms with Crippen LogP contribution in [-0.2, 0) is 57.2 Å². The molecule has 9 atom stereocenters. The second kappa shape index (κ2) is 25.9. The molecule has 17 nitrogen and oxygen atoms in total. The van der Waals surface area contributed by atoms with Crippen molar-refractivity contribution in [3.63, 3.8) is 0 Å². The number of likely N-dealkylation sites (N-methyl/N-ethyl adjacent to an activating group) is 2. The average Bonchev–Trinajstić information content (AvgIpc) is 3.88. The van der Waals surface area contributed by atoms with Crippen LogP contribution in [0.2, 0.25) is 0 Å². The van der Waals surface area contributed by atoms with E-state index in [0.717, 1.165) is 12.8 Å². The van der Waals surface area contributed by atoms with Crippen molar-refractivity contribution in [3.05, 3.63) is 24.3 Å². The summed E-state index contributed by atoms with van der Waals surface area (Å²) in [5, 5.41) is 7.11. The first kappa shape index (κ1) is 48.9. The number of benzene rings is 1. The zero-order valence-electron chi connectivity index (χ0n) is 33.5. The fourth-order valence-electron chi connectivity index (χ4n) is 5.75. The van der Waals surface area contributed by atoms with Gasteiger partial charge in [-0.3, -0.25) is 19.2 Å². The molecule has 1 aromatic rings. The molecule has 4 rings (SSSR count). The molecule has 0 spiro atoms. The van der Waals surface area contributed by atoms with Crippen molar-refractivity contribution in [1.82, 2.24) is 16.0 Å². The van der Waals surface area contributed by atoms with Crippen molar-refractivity contribution in [1.29, 1.82) is 0 Å². The largest absolute Gasteiger partial charge is 0.484 e. The molecule has 20 heteroatoms. The van der Waals surface area contributed by atoms with Crippen LogP contribution in [0.25, 0.3) is 0 Å². The first-order chi connectivity index (χ1) is 27.2. The monoisotopic (exact) mass is 797 g/mol. The Morgan fingerprint density at radius 3 is 1.39 bits per heavy atom. The maximum atomic E-state index is 11.9. The van der Waals surface area contributed by atoms with Crippen molar-refractivity contribution in [3.8, 4) is 11.5 Å². The molecule has 3 N–H and O–H groups in total. The lowest BCUT2D eigenvalue weighted by Gasteiger charge is -2.17. The molecule has 0 aliphatic carbocycles. The minimum absolute atomic E-state index is 0.0623. The predicted molar refractivity (Wildman–Crippen MR) is 206 cm³/mol. The number of ether oxygens (including phenoxy) is 8. The summed E-state index contributed by atoms with van der Waals surface area (Å²) in [7, 11) is 21.4. The Labute approximate surface area is 338 Å². The molecule has 3 amide bonds. The van der Waals surface area contributed by atoms with Gasteiger partial charge in [-0.25, -0.2) is 9.59 Å². The van der Waals surface area contributed by atoms with E-state index < -0.39 is 36.0 Å². The Kier molecular flexibility index (Phi) is 22.2. The van der Waals surface area contributed by atoms with Crippen LogP contribution in [-0.4, -0.2) is 148 Å². The molecule has 310 valence electrons. The van der Waals surface area contributed by atoms with Gasteiger partial charge in [-0.15, -0.1) is 0 Å². The summed E-state index contributed by atoms with van der Waals surface area (Å²) in [6, 6.07) is 5.42. The van der Waals surface area contributed by atoms with Crippen LogP contribution in [0, 0.1) is 0 Å². The maximum absolute atomic E-state index is 11.9. The number of amides is 3. The van der Waals surface area contributed by atoms with Crippen LogP contribution in [0.4, 0.5) is 0 Å². The van der Waals surface area contributed by atoms with Crippen molar-refractivity contribution in [2.75, 3.05) is 34.4 Å². The molecule has 3 fully saturated rings. The summed E-state index contributed by atoms with van der Waals surface area (Å²) in [5.74, 6) is -1.87. The third-order valence-electron chi connectivity index (χ3n) is 8.79. The highest BCUT2D eigenvalue weighted by atomic mass is 16.6. The normalized spacial score (nSPS) is 25.9. The molecular weight excluding hydrogens is 743 g/mol. The second-order valence-electron chi connectivity index (χ2n) is 13.0. The van der Waals surface area contributed by atoms with E-state index in [4.69, 9.17) is 61.4 Å². The van der Waals surface area contributed by atoms with Crippen LogP contribution < -0.4 is 25.4 Å². The highest BCUT2D eigenvalue weighted by Gasteiger charge is 2.36.